The number of nitrogens with one attached hydrogen (secondary N) is 1. The number of likely N-dealkylation sites (tertiary alicyclic amines) is 2. The van der Waals surface area contributed by atoms with Crippen molar-refractivity contribution < 1.29 is 32.9 Å². The molecule has 2 unspecified atom stereocenters. The summed E-state index contributed by atoms with van der Waals surface area (Å²) in [6.07, 6.45) is 0.542. The summed E-state index contributed by atoms with van der Waals surface area (Å²) >= 11 is 0. The second kappa shape index (κ2) is 13.7. The van der Waals surface area contributed by atoms with Crippen LogP contribution in [-0.2, 0) is 9.53 Å². The van der Waals surface area contributed by atoms with Gasteiger partial charge >= 0.3 is 6.05 Å². The van der Waals surface area contributed by atoms with Gasteiger partial charge < -0.3 is 24.6 Å². The number of alkyl halides is 2. The number of benzene rings is 1. The monoisotopic (exact) mass is 649 g/mol. The van der Waals surface area contributed by atoms with E-state index in [4.69, 9.17) is 14.2 Å². The van der Waals surface area contributed by atoms with Gasteiger partial charge in [0.15, 0.2) is 0 Å². The molecule has 12 nitrogen and oxygen atoms in total. The van der Waals surface area contributed by atoms with Crippen molar-refractivity contribution in [3.05, 3.63) is 53.7 Å². The smallest absolute Gasteiger partial charge is 0.331 e. The Labute approximate surface area is 271 Å². The number of halogens is 2. The van der Waals surface area contributed by atoms with Crippen molar-refractivity contribution in [2.24, 2.45) is 0 Å². The molecule has 47 heavy (non-hydrogen) atoms. The first-order valence-electron chi connectivity index (χ1n) is 15.7. The molecule has 0 radical (unpaired) electrons. The average molecular weight is 650 g/mol. The van der Waals surface area contributed by atoms with E-state index in [0.29, 0.717) is 45.8 Å². The number of aliphatic hydroxyl groups excluding tert-OH is 1. The number of hydrogen-bond donors (Lipinski definition) is 2. The SMILES string of the molecule is COc1nc(Nc2nccc(-c3ccc(OC4CCN(C(=O)C(C)O)C(F)(F)C4)c(C#N)c3)n2)ccc1C1CCN(C2COC2)CC1. The largest absolute Gasteiger partial charge is 0.489 e. The fourth-order valence-corrected chi connectivity index (χ4v) is 6.28. The number of aliphatic hydroxyl groups is 1. The number of nitrogens with zero attached hydrogens (tertiary/aromatic N) is 6. The molecule has 0 bridgehead atoms. The summed E-state index contributed by atoms with van der Waals surface area (Å²) in [4.78, 5) is 28.5. The van der Waals surface area contributed by atoms with Crippen LogP contribution in [0, 0.1) is 11.3 Å². The number of aromatic nitrogens is 3. The van der Waals surface area contributed by atoms with Crippen LogP contribution in [0.2, 0.25) is 0 Å². The number of carbonyl (C=O) groups is 1. The Kier molecular flexibility index (Phi) is 9.49. The van der Waals surface area contributed by atoms with Crippen LogP contribution in [0.3, 0.4) is 0 Å². The molecule has 3 aliphatic heterocycles. The number of pyridine rings is 1. The highest BCUT2D eigenvalue weighted by Crippen LogP contribution is 2.37. The third-order valence-corrected chi connectivity index (χ3v) is 8.94. The molecule has 0 saturated carbocycles. The molecule has 2 aromatic heterocycles. The number of piperidine rings is 2. The number of anilines is 2. The van der Waals surface area contributed by atoms with E-state index in [-0.39, 0.29) is 24.3 Å². The summed E-state index contributed by atoms with van der Waals surface area (Å²) in [6, 6.07) is 9.54. The van der Waals surface area contributed by atoms with Crippen LogP contribution in [-0.4, -0.2) is 100 Å². The molecule has 2 N–H and O–H groups in total. The topological polar surface area (TPSA) is 146 Å². The minimum Gasteiger partial charge on any atom is -0.489 e. The van der Waals surface area contributed by atoms with Gasteiger partial charge in [0, 0.05) is 30.3 Å². The minimum atomic E-state index is -3.49. The van der Waals surface area contributed by atoms with E-state index in [0.717, 1.165) is 51.6 Å². The van der Waals surface area contributed by atoms with Gasteiger partial charge in [0.25, 0.3) is 5.91 Å². The summed E-state index contributed by atoms with van der Waals surface area (Å²) in [7, 11) is 1.61. The molecular weight excluding hydrogens is 612 g/mol. The predicted octanol–water partition coefficient (Wildman–Crippen LogP) is 4.08. The standard InChI is InChI=1S/C33H37F2N7O5/c1-20(43)31(44)42-14-10-25(16-33(42,34)35)47-28-5-3-22(15-23(28)17-36)27-7-11-37-32(38-27)40-29-6-4-26(30(39-29)45-2)21-8-12-41(13-9-21)24-18-46-19-24/h3-7,11,15,20-21,24-25,43H,8-10,12-14,16,18-19H2,1-2H3,(H,37,38,39,40). The average Bonchev–Trinajstić information content (AvgIpc) is 3.04. The lowest BCUT2D eigenvalue weighted by Gasteiger charge is -2.41. The maximum Gasteiger partial charge on any atom is 0.331 e. The number of nitriles is 1. The molecule has 248 valence electrons. The number of methoxy groups -OCH3 is 1. The Bertz CT molecular complexity index is 1640. The summed E-state index contributed by atoms with van der Waals surface area (Å²) in [6.45, 7) is 4.55. The molecule has 1 amide bonds. The summed E-state index contributed by atoms with van der Waals surface area (Å²) in [5, 5.41) is 22.4. The van der Waals surface area contributed by atoms with Gasteiger partial charge in [-0.15, -0.1) is 0 Å². The van der Waals surface area contributed by atoms with Gasteiger partial charge in [0.2, 0.25) is 11.8 Å². The summed E-state index contributed by atoms with van der Waals surface area (Å²) < 4.78 is 46.2. The number of ether oxygens (including phenoxy) is 3. The first-order chi connectivity index (χ1) is 22.6. The molecule has 3 aliphatic rings. The van der Waals surface area contributed by atoms with E-state index in [1.807, 2.05) is 12.1 Å². The summed E-state index contributed by atoms with van der Waals surface area (Å²) in [5.41, 5.74) is 2.35. The van der Waals surface area contributed by atoms with E-state index in [1.165, 1.54) is 0 Å². The second-order valence-electron chi connectivity index (χ2n) is 12.1. The Morgan fingerprint density at radius 3 is 2.60 bits per heavy atom. The third kappa shape index (κ3) is 7.12. The lowest BCUT2D eigenvalue weighted by atomic mass is 9.89. The zero-order valence-electron chi connectivity index (χ0n) is 26.2. The number of rotatable bonds is 9. The van der Waals surface area contributed by atoms with E-state index >= 15 is 0 Å². The van der Waals surface area contributed by atoms with E-state index in [2.05, 4.69) is 31.2 Å². The number of amides is 1. The highest BCUT2D eigenvalue weighted by atomic mass is 19.3. The Balaban J connectivity index is 1.12. The van der Waals surface area contributed by atoms with Crippen molar-refractivity contribution in [3.63, 3.8) is 0 Å². The van der Waals surface area contributed by atoms with Crippen LogP contribution in [0.5, 0.6) is 11.6 Å². The molecule has 0 aliphatic carbocycles. The number of hydrogen-bond acceptors (Lipinski definition) is 11. The molecule has 3 aromatic rings. The van der Waals surface area contributed by atoms with E-state index in [9.17, 15) is 23.9 Å². The molecule has 0 spiro atoms. The van der Waals surface area contributed by atoms with E-state index < -0.39 is 30.6 Å². The van der Waals surface area contributed by atoms with Gasteiger partial charge in [0.05, 0.1) is 44.0 Å². The molecule has 3 fully saturated rings. The van der Waals surface area contributed by atoms with Crippen LogP contribution in [0.4, 0.5) is 20.5 Å². The molecule has 5 heterocycles. The molecule has 6 rings (SSSR count). The normalized spacial score (nSPS) is 20.9. The Hall–Kier alpha value is -4.45. The Morgan fingerprint density at radius 1 is 1.15 bits per heavy atom. The minimum absolute atomic E-state index is 0.122. The summed E-state index contributed by atoms with van der Waals surface area (Å²) in [5.74, 6) is 0.843. The van der Waals surface area contributed by atoms with Crippen LogP contribution >= 0.6 is 0 Å². The van der Waals surface area contributed by atoms with Crippen molar-refractivity contribution in [2.75, 3.05) is 45.3 Å². The molecule has 2 atom stereocenters. The molecular formula is C33H37F2N7O5. The van der Waals surface area contributed by atoms with Gasteiger partial charge in [-0.3, -0.25) is 14.6 Å². The molecule has 14 heteroatoms. The van der Waals surface area contributed by atoms with Crippen molar-refractivity contribution in [3.8, 4) is 29.0 Å². The number of carbonyl (C=O) groups excluding carboxylic acids is 1. The van der Waals surface area contributed by atoms with Crippen molar-refractivity contribution in [1.82, 2.24) is 24.8 Å². The first-order valence-corrected chi connectivity index (χ1v) is 15.7. The fraction of sp³-hybridized carbons (Fsp3) is 0.485. The van der Waals surface area contributed by atoms with Gasteiger partial charge in [-0.2, -0.15) is 19.0 Å². The van der Waals surface area contributed by atoms with Crippen LogP contribution in [0.1, 0.15) is 49.7 Å². The zero-order valence-corrected chi connectivity index (χ0v) is 26.2. The van der Waals surface area contributed by atoms with Gasteiger partial charge in [-0.1, -0.05) is 0 Å². The van der Waals surface area contributed by atoms with Crippen molar-refractivity contribution >= 4 is 17.7 Å². The van der Waals surface area contributed by atoms with Crippen LogP contribution in [0.25, 0.3) is 11.3 Å². The van der Waals surface area contributed by atoms with Gasteiger partial charge in [0.1, 0.15) is 29.8 Å². The quantitative estimate of drug-likeness (QED) is 0.323. The third-order valence-electron chi connectivity index (χ3n) is 8.94. The zero-order chi connectivity index (χ0) is 33.1. The fourth-order valence-electron chi connectivity index (χ4n) is 6.28. The van der Waals surface area contributed by atoms with Crippen LogP contribution in [0.15, 0.2) is 42.6 Å². The lowest BCUT2D eigenvalue weighted by molar-refractivity contribution is -0.202. The van der Waals surface area contributed by atoms with E-state index in [1.54, 1.807) is 37.6 Å². The highest BCUT2D eigenvalue weighted by molar-refractivity contribution is 5.80. The molecule has 1 aromatic carbocycles. The maximum atomic E-state index is 14.7. The second-order valence-corrected chi connectivity index (χ2v) is 12.1. The van der Waals surface area contributed by atoms with Crippen molar-refractivity contribution in [1.29, 1.82) is 5.26 Å². The predicted molar refractivity (Wildman–Crippen MR) is 166 cm³/mol. The lowest BCUT2D eigenvalue weighted by Crippen LogP contribution is -2.55. The highest BCUT2D eigenvalue weighted by Gasteiger charge is 2.47. The van der Waals surface area contributed by atoms with Crippen LogP contribution < -0.4 is 14.8 Å². The van der Waals surface area contributed by atoms with Gasteiger partial charge in [-0.25, -0.2) is 9.97 Å². The molecule has 3 saturated heterocycles. The first kappa shape index (κ1) is 32.5. The Morgan fingerprint density at radius 2 is 1.94 bits per heavy atom. The maximum absolute atomic E-state index is 14.7. The van der Waals surface area contributed by atoms with Crippen molar-refractivity contribution in [2.45, 2.75) is 62.8 Å². The van der Waals surface area contributed by atoms with Gasteiger partial charge in [-0.05, 0) is 75.2 Å².